The summed E-state index contributed by atoms with van der Waals surface area (Å²) in [5, 5.41) is 11.9. The maximum atomic E-state index is 6.93. The normalized spacial score (nSPS) is 12.0. The molecule has 0 radical (unpaired) electrons. The molecule has 2 aromatic heterocycles. The molecule has 0 atom stereocenters. The van der Waals surface area contributed by atoms with Crippen LogP contribution in [0.4, 0.5) is 0 Å². The first-order valence-corrected chi connectivity index (χ1v) is 23.1. The van der Waals surface area contributed by atoms with Crippen LogP contribution in [0.2, 0.25) is 0 Å². The van der Waals surface area contributed by atoms with Gasteiger partial charge in [-0.3, -0.25) is 0 Å². The van der Waals surface area contributed by atoms with Gasteiger partial charge in [0.1, 0.15) is 11.2 Å². The molecule has 2 heterocycles. The average molecular weight is 854 g/mol. The number of hydrogen-bond acceptors (Lipinski definition) is 1. The largest absolute Gasteiger partial charge is 0.456 e. The fourth-order valence-corrected chi connectivity index (χ4v) is 11.2. The van der Waals surface area contributed by atoms with Crippen LogP contribution in [0.15, 0.2) is 229 Å². The van der Waals surface area contributed by atoms with E-state index >= 15 is 0 Å². The zero-order valence-electron chi connectivity index (χ0n) is 37.0. The molecule has 67 heavy (non-hydrogen) atoms. The molecular formula is C65H43NO. The second-order valence-electron chi connectivity index (χ2n) is 17.4. The fourth-order valence-electron chi connectivity index (χ4n) is 11.2. The van der Waals surface area contributed by atoms with Crippen LogP contribution in [-0.4, -0.2) is 4.57 Å². The van der Waals surface area contributed by atoms with Gasteiger partial charge < -0.3 is 8.98 Å². The molecule has 0 aliphatic rings. The topological polar surface area (TPSA) is 18.1 Å². The molecule has 0 N–H and O–H groups in total. The van der Waals surface area contributed by atoms with Gasteiger partial charge in [0.25, 0.3) is 0 Å². The molecule has 11 aromatic carbocycles. The lowest BCUT2D eigenvalue weighted by Gasteiger charge is -2.21. The minimum atomic E-state index is 0.857. The minimum absolute atomic E-state index is 0.857. The Balaban J connectivity index is 1.11. The molecule has 0 amide bonds. The van der Waals surface area contributed by atoms with Gasteiger partial charge in [0.2, 0.25) is 0 Å². The lowest BCUT2D eigenvalue weighted by molar-refractivity contribution is 0.669. The molecule has 2 heteroatoms. The molecule has 0 unspecified atom stereocenters. The van der Waals surface area contributed by atoms with E-state index in [1.165, 1.54) is 87.5 Å². The second kappa shape index (κ2) is 15.5. The van der Waals surface area contributed by atoms with E-state index in [1.54, 1.807) is 0 Å². The van der Waals surface area contributed by atoms with Gasteiger partial charge in [-0.05, 0) is 137 Å². The number of nitrogens with zero attached hydrogens (tertiary/aromatic N) is 1. The highest BCUT2D eigenvalue weighted by Gasteiger charge is 2.25. The van der Waals surface area contributed by atoms with Crippen LogP contribution < -0.4 is 0 Å². The smallest absolute Gasteiger partial charge is 0.136 e. The number of aromatic nitrogens is 1. The Morgan fingerprint density at radius 3 is 1.48 bits per heavy atom. The predicted octanol–water partition coefficient (Wildman–Crippen LogP) is 18.5. The molecule has 314 valence electrons. The third-order valence-corrected chi connectivity index (χ3v) is 13.9. The lowest BCUT2D eigenvalue weighted by atomic mass is 9.81. The van der Waals surface area contributed by atoms with Gasteiger partial charge in [0.15, 0.2) is 0 Å². The molecule has 13 rings (SSSR count). The number of fused-ring (bicyclic) bond motifs is 9. The number of para-hydroxylation sites is 2. The Hall–Kier alpha value is -8.72. The maximum Gasteiger partial charge on any atom is 0.136 e. The standard InChI is InChI=1S/C65H43NO/c1-3-21-46-44(4-2)60(41-22-7-5-8-23-41)47-27-11-14-30-50(47)62(46)53-33-19-36-58-64(53)65-54(34-20-37-59(65)67-58)63-51-31-15-12-28-48(51)61(49-29-13-16-32-52(49)63)42-38-39-57-55(40-42)45-26-17-18-35-56(45)66(57)43-24-9-6-10-25-43/h3-40H,2H2,1H3/b21-3-. The van der Waals surface area contributed by atoms with Crippen LogP contribution in [0, 0.1) is 0 Å². The average Bonchev–Trinajstić information content (AvgIpc) is 3.94. The first-order valence-electron chi connectivity index (χ1n) is 23.1. The van der Waals surface area contributed by atoms with E-state index in [4.69, 9.17) is 4.42 Å². The van der Waals surface area contributed by atoms with Crippen molar-refractivity contribution in [3.63, 3.8) is 0 Å². The summed E-state index contributed by atoms with van der Waals surface area (Å²) in [4.78, 5) is 0. The molecule has 0 saturated heterocycles. The summed E-state index contributed by atoms with van der Waals surface area (Å²) < 4.78 is 9.31. The zero-order valence-corrected chi connectivity index (χ0v) is 37.0. The Labute approximate surface area is 388 Å². The summed E-state index contributed by atoms with van der Waals surface area (Å²) in [5.74, 6) is 0. The quantitative estimate of drug-likeness (QED) is 0.146. The summed E-state index contributed by atoms with van der Waals surface area (Å²) >= 11 is 0. The van der Waals surface area contributed by atoms with Crippen molar-refractivity contribution in [2.45, 2.75) is 6.92 Å². The van der Waals surface area contributed by atoms with Crippen LogP contribution >= 0.6 is 0 Å². The number of allylic oxidation sites excluding steroid dienone is 1. The molecule has 0 fully saturated rings. The van der Waals surface area contributed by atoms with Crippen molar-refractivity contribution in [1.82, 2.24) is 4.57 Å². The molecule has 13 aromatic rings. The molecule has 2 nitrogen and oxygen atoms in total. The molecule has 0 aliphatic heterocycles. The molecule has 0 spiro atoms. The summed E-state index contributed by atoms with van der Waals surface area (Å²) in [6.07, 6.45) is 6.43. The number of benzene rings is 11. The van der Waals surface area contributed by atoms with E-state index in [1.807, 2.05) is 6.08 Å². The summed E-state index contributed by atoms with van der Waals surface area (Å²) in [6.45, 7) is 6.53. The van der Waals surface area contributed by atoms with Crippen molar-refractivity contribution in [2.75, 3.05) is 0 Å². The van der Waals surface area contributed by atoms with Gasteiger partial charge in [-0.1, -0.05) is 195 Å². The fraction of sp³-hybridized carbons (Fsp3) is 0.0154. The van der Waals surface area contributed by atoms with Crippen LogP contribution in [-0.2, 0) is 0 Å². The Kier molecular flexibility index (Phi) is 8.94. The lowest BCUT2D eigenvalue weighted by Crippen LogP contribution is -1.96. The van der Waals surface area contributed by atoms with Crippen LogP contribution in [0.3, 0.4) is 0 Å². The van der Waals surface area contributed by atoms with Gasteiger partial charge in [0, 0.05) is 27.2 Å². The highest BCUT2D eigenvalue weighted by Crippen LogP contribution is 2.51. The first-order chi connectivity index (χ1) is 33.2. The molecular weight excluding hydrogens is 811 g/mol. The van der Waals surface area contributed by atoms with Crippen LogP contribution in [0.5, 0.6) is 0 Å². The Morgan fingerprint density at radius 1 is 0.388 bits per heavy atom. The van der Waals surface area contributed by atoms with Crippen molar-refractivity contribution in [1.29, 1.82) is 0 Å². The van der Waals surface area contributed by atoms with Crippen molar-refractivity contribution in [3.05, 3.63) is 236 Å². The predicted molar refractivity (Wildman–Crippen MR) is 287 cm³/mol. The second-order valence-corrected chi connectivity index (χ2v) is 17.4. The van der Waals surface area contributed by atoms with Crippen molar-refractivity contribution in [2.24, 2.45) is 0 Å². The number of hydrogen-bond donors (Lipinski definition) is 0. The number of furan rings is 1. The summed E-state index contributed by atoms with van der Waals surface area (Å²) in [6, 6.07) is 77.1. The summed E-state index contributed by atoms with van der Waals surface area (Å²) in [7, 11) is 0. The van der Waals surface area contributed by atoms with E-state index < -0.39 is 0 Å². The van der Waals surface area contributed by atoms with E-state index in [0.29, 0.717) is 0 Å². The third-order valence-electron chi connectivity index (χ3n) is 13.9. The van der Waals surface area contributed by atoms with E-state index in [9.17, 15) is 0 Å². The Bertz CT molecular complexity index is 4110. The summed E-state index contributed by atoms with van der Waals surface area (Å²) in [5.41, 5.74) is 16.9. The van der Waals surface area contributed by atoms with Gasteiger partial charge >= 0.3 is 0 Å². The molecule has 0 saturated carbocycles. The van der Waals surface area contributed by atoms with Gasteiger partial charge in [-0.15, -0.1) is 0 Å². The van der Waals surface area contributed by atoms with Crippen molar-refractivity contribution < 1.29 is 4.42 Å². The van der Waals surface area contributed by atoms with E-state index in [2.05, 4.69) is 243 Å². The maximum absolute atomic E-state index is 6.93. The highest BCUT2D eigenvalue weighted by molar-refractivity contribution is 6.28. The molecule has 0 bridgehead atoms. The first kappa shape index (κ1) is 38.7. The van der Waals surface area contributed by atoms with Gasteiger partial charge in [0.05, 0.1) is 11.0 Å². The van der Waals surface area contributed by atoms with Crippen molar-refractivity contribution in [3.8, 4) is 50.2 Å². The highest BCUT2D eigenvalue weighted by atomic mass is 16.3. The SMILES string of the molecule is C=Cc1c(/C=C\C)c(-c2cccc3oc4cccc(-c5c6ccccc6c(-c6ccc7c(c6)c6ccccc6n7-c6ccccc6)c6ccccc56)c4c23)c2ccccc2c1-c1ccccc1. The number of rotatable bonds is 7. The van der Waals surface area contributed by atoms with Gasteiger partial charge in [-0.2, -0.15) is 0 Å². The monoisotopic (exact) mass is 853 g/mol. The minimum Gasteiger partial charge on any atom is -0.456 e. The van der Waals surface area contributed by atoms with E-state index in [0.717, 1.165) is 49.9 Å². The van der Waals surface area contributed by atoms with Crippen LogP contribution in [0.25, 0.3) is 138 Å². The third kappa shape index (κ3) is 5.83. The molecule has 0 aliphatic carbocycles. The van der Waals surface area contributed by atoms with E-state index in [-0.39, 0.29) is 0 Å². The van der Waals surface area contributed by atoms with Gasteiger partial charge in [-0.25, -0.2) is 0 Å². The zero-order chi connectivity index (χ0) is 44.6. The van der Waals surface area contributed by atoms with Crippen LogP contribution in [0.1, 0.15) is 18.1 Å². The Morgan fingerprint density at radius 2 is 0.881 bits per heavy atom. The van der Waals surface area contributed by atoms with Crippen molar-refractivity contribution >= 4 is 88.2 Å².